The summed E-state index contributed by atoms with van der Waals surface area (Å²) in [5.74, 6) is -0.833. The summed E-state index contributed by atoms with van der Waals surface area (Å²) in [6.45, 7) is 1.08. The van der Waals surface area contributed by atoms with Crippen LogP contribution < -0.4 is 131 Å². The maximum absolute atomic E-state index is 9.00. The molecular formula is C2H17N2Na4O6P. The van der Waals surface area contributed by atoms with Crippen molar-refractivity contribution >= 4 is 13.8 Å². The monoisotopic (exact) mass is 288 g/mol. The SMILES string of the molecule is CC(=O)O.N.N.O=P(O)(O)O.[H-].[H-].[H-].[H-].[Na+].[Na+].[Na+].[Na+]. The third kappa shape index (κ3) is 343. The van der Waals surface area contributed by atoms with Gasteiger partial charge in [-0.3, -0.25) is 4.79 Å². The van der Waals surface area contributed by atoms with Crippen molar-refractivity contribution in [3.05, 3.63) is 0 Å². The van der Waals surface area contributed by atoms with Gasteiger partial charge < -0.3 is 37.8 Å². The molecule has 0 aliphatic heterocycles. The zero-order valence-corrected chi connectivity index (χ0v) is 18.9. The quantitative estimate of drug-likeness (QED) is 0.187. The van der Waals surface area contributed by atoms with Crippen LogP contribution >= 0.6 is 7.82 Å². The van der Waals surface area contributed by atoms with Gasteiger partial charge in [-0.05, 0) is 0 Å². The van der Waals surface area contributed by atoms with Gasteiger partial charge in [0.25, 0.3) is 5.97 Å². The maximum atomic E-state index is 9.00. The Labute approximate surface area is 183 Å². The fraction of sp³-hybridized carbons (Fsp3) is 0.500. The topological polar surface area (TPSA) is 185 Å². The first-order chi connectivity index (χ1) is 3.73. The molecule has 80 valence electrons. The summed E-state index contributed by atoms with van der Waals surface area (Å²) < 4.78 is 8.88. The number of phosphoric acid groups is 1. The fourth-order valence-corrected chi connectivity index (χ4v) is 0. The third-order valence-corrected chi connectivity index (χ3v) is 0. The van der Waals surface area contributed by atoms with Gasteiger partial charge in [0, 0.05) is 6.92 Å². The van der Waals surface area contributed by atoms with E-state index in [0.29, 0.717) is 0 Å². The second kappa shape index (κ2) is 30.5. The van der Waals surface area contributed by atoms with E-state index in [2.05, 4.69) is 0 Å². The van der Waals surface area contributed by atoms with Crippen LogP contribution in [0.3, 0.4) is 0 Å². The average Bonchev–Trinajstić information content (AvgIpc) is 1.19. The van der Waals surface area contributed by atoms with Gasteiger partial charge in [-0.15, -0.1) is 0 Å². The normalized spacial score (nSPS) is 5.60. The van der Waals surface area contributed by atoms with Crippen molar-refractivity contribution in [2.75, 3.05) is 0 Å². The molecule has 0 heterocycles. The summed E-state index contributed by atoms with van der Waals surface area (Å²) in [5.41, 5.74) is 0. The minimum absolute atomic E-state index is 0. The number of carboxylic acids is 1. The molecule has 0 amide bonds. The van der Waals surface area contributed by atoms with Crippen LogP contribution in [-0.2, 0) is 9.36 Å². The van der Waals surface area contributed by atoms with E-state index in [1.165, 1.54) is 0 Å². The predicted octanol–water partition coefficient (Wildman–Crippen LogP) is -12.0. The third-order valence-electron chi connectivity index (χ3n) is 0. The van der Waals surface area contributed by atoms with Crippen molar-refractivity contribution < 1.29 is 153 Å². The smallest absolute Gasteiger partial charge is 1.00 e. The van der Waals surface area contributed by atoms with E-state index in [9.17, 15) is 0 Å². The summed E-state index contributed by atoms with van der Waals surface area (Å²) in [6, 6.07) is 0. The second-order valence-corrected chi connectivity index (χ2v) is 2.06. The van der Waals surface area contributed by atoms with Crippen LogP contribution in [0.4, 0.5) is 0 Å². The summed E-state index contributed by atoms with van der Waals surface area (Å²) in [5, 5.41) is 7.42. The predicted molar refractivity (Wildman–Crippen MR) is 42.1 cm³/mol. The minimum Gasteiger partial charge on any atom is -1.00 e. The molecule has 0 spiro atoms. The molecular weight excluding hydrogens is 271 g/mol. The van der Waals surface area contributed by atoms with Crippen molar-refractivity contribution in [1.29, 1.82) is 0 Å². The van der Waals surface area contributed by atoms with Crippen LogP contribution in [-0.4, -0.2) is 25.8 Å². The van der Waals surface area contributed by atoms with Crippen molar-refractivity contribution in [2.45, 2.75) is 6.92 Å². The Morgan fingerprint density at radius 3 is 1.00 bits per heavy atom. The van der Waals surface area contributed by atoms with Gasteiger partial charge in [-0.1, -0.05) is 0 Å². The van der Waals surface area contributed by atoms with Crippen molar-refractivity contribution in [2.24, 2.45) is 0 Å². The molecule has 0 aliphatic rings. The molecule has 0 radical (unpaired) electrons. The van der Waals surface area contributed by atoms with E-state index >= 15 is 0 Å². The molecule has 0 aromatic rings. The van der Waals surface area contributed by atoms with Gasteiger partial charge in [0.15, 0.2) is 0 Å². The number of aliphatic carboxylic acids is 1. The van der Waals surface area contributed by atoms with Crippen molar-refractivity contribution in [3.63, 3.8) is 0 Å². The Balaban J connectivity index is -0.00000000340. The first kappa shape index (κ1) is 51.4. The Morgan fingerprint density at radius 1 is 1.00 bits per heavy atom. The molecule has 0 rings (SSSR count). The van der Waals surface area contributed by atoms with E-state index in [-0.39, 0.29) is 136 Å². The molecule has 0 unspecified atom stereocenters. The first-order valence-electron chi connectivity index (χ1n) is 1.71. The standard InChI is InChI=1S/C2H4O2.2H3N.4Na.H3O4P.4H/c1-2(3)4;;;;;;;1-5(2,3)4;;;;/h1H3,(H,3,4);2*1H3;;;;;(H3,1,2,3,4);;;;/q;;;4*+1;;4*-1. The minimum atomic E-state index is -4.64. The zero-order valence-electron chi connectivity index (χ0n) is 14.0. The summed E-state index contributed by atoms with van der Waals surface area (Å²) in [6.07, 6.45) is 0. The molecule has 0 saturated heterocycles. The number of hydrogen-bond acceptors (Lipinski definition) is 4. The van der Waals surface area contributed by atoms with Gasteiger partial charge in [0.05, 0.1) is 0 Å². The van der Waals surface area contributed by atoms with Crippen molar-refractivity contribution in [3.8, 4) is 0 Å². The number of carboxylic acid groups (broad SMARTS) is 1. The summed E-state index contributed by atoms with van der Waals surface area (Å²) in [4.78, 5) is 30.6. The molecule has 0 aliphatic carbocycles. The molecule has 8 nitrogen and oxygen atoms in total. The first-order valence-corrected chi connectivity index (χ1v) is 3.28. The van der Waals surface area contributed by atoms with E-state index in [0.717, 1.165) is 6.92 Å². The molecule has 15 heavy (non-hydrogen) atoms. The Kier molecular flexibility index (Phi) is 104. The molecule has 0 aromatic heterocycles. The van der Waals surface area contributed by atoms with Gasteiger partial charge in [0.1, 0.15) is 0 Å². The molecule has 0 fully saturated rings. The van der Waals surface area contributed by atoms with Crippen molar-refractivity contribution in [1.82, 2.24) is 12.3 Å². The van der Waals surface area contributed by atoms with Crippen LogP contribution in [0.25, 0.3) is 0 Å². The molecule has 10 N–H and O–H groups in total. The van der Waals surface area contributed by atoms with Crippen LogP contribution in [0.2, 0.25) is 0 Å². The molecule has 0 saturated carbocycles. The Hall–Kier alpha value is 3.50. The van der Waals surface area contributed by atoms with E-state index in [4.69, 9.17) is 29.1 Å². The van der Waals surface area contributed by atoms with E-state index < -0.39 is 13.8 Å². The van der Waals surface area contributed by atoms with Gasteiger partial charge in [0.2, 0.25) is 0 Å². The van der Waals surface area contributed by atoms with Crippen LogP contribution in [0.1, 0.15) is 12.6 Å². The number of carbonyl (C=O) groups is 1. The van der Waals surface area contributed by atoms with Crippen LogP contribution in [0, 0.1) is 0 Å². The van der Waals surface area contributed by atoms with E-state index in [1.807, 2.05) is 0 Å². The molecule has 0 atom stereocenters. The average molecular weight is 288 g/mol. The van der Waals surface area contributed by atoms with Crippen LogP contribution in [0.5, 0.6) is 0 Å². The zero-order chi connectivity index (χ0) is 8.08. The van der Waals surface area contributed by atoms with Gasteiger partial charge in [-0.25, -0.2) is 4.57 Å². The summed E-state index contributed by atoms with van der Waals surface area (Å²) in [7, 11) is -4.64. The largest absolute Gasteiger partial charge is 1.00 e. The number of hydrogen-bond donors (Lipinski definition) is 6. The van der Waals surface area contributed by atoms with Gasteiger partial charge >= 0.3 is 126 Å². The number of rotatable bonds is 0. The van der Waals surface area contributed by atoms with Crippen LogP contribution in [0.15, 0.2) is 0 Å². The Morgan fingerprint density at radius 2 is 1.00 bits per heavy atom. The maximum Gasteiger partial charge on any atom is 1.00 e. The summed E-state index contributed by atoms with van der Waals surface area (Å²) >= 11 is 0. The molecule has 13 heteroatoms. The molecule has 0 bridgehead atoms. The molecule has 0 aromatic carbocycles. The van der Waals surface area contributed by atoms with E-state index in [1.54, 1.807) is 0 Å². The second-order valence-electron chi connectivity index (χ2n) is 1.03. The van der Waals surface area contributed by atoms with Gasteiger partial charge in [-0.2, -0.15) is 0 Å². The fourth-order valence-electron chi connectivity index (χ4n) is 0. The Bertz CT molecular complexity index is 145.